The summed E-state index contributed by atoms with van der Waals surface area (Å²) >= 11 is 1.68. The number of anilines is 1. The lowest BCUT2D eigenvalue weighted by atomic mass is 9.87. The molecule has 5 heteroatoms. The van der Waals surface area contributed by atoms with Crippen molar-refractivity contribution in [1.82, 2.24) is 9.97 Å². The number of aromatic nitrogens is 2. The Kier molecular flexibility index (Phi) is 3.91. The Morgan fingerprint density at radius 2 is 1.96 bits per heavy atom. The molecule has 0 fully saturated rings. The van der Waals surface area contributed by atoms with Crippen molar-refractivity contribution in [3.8, 4) is 0 Å². The summed E-state index contributed by atoms with van der Waals surface area (Å²) in [7, 11) is 0. The summed E-state index contributed by atoms with van der Waals surface area (Å²) in [5.41, 5.74) is 3.72. The maximum absolute atomic E-state index is 12.5. The van der Waals surface area contributed by atoms with Crippen LogP contribution in [0.1, 0.15) is 49.0 Å². The van der Waals surface area contributed by atoms with Crippen LogP contribution in [0.3, 0.4) is 0 Å². The Morgan fingerprint density at radius 3 is 2.68 bits per heavy atom. The molecule has 0 saturated carbocycles. The van der Waals surface area contributed by atoms with E-state index in [0.29, 0.717) is 12.4 Å². The van der Waals surface area contributed by atoms with E-state index in [1.165, 1.54) is 16.0 Å². The van der Waals surface area contributed by atoms with Gasteiger partial charge in [0.1, 0.15) is 10.7 Å². The van der Waals surface area contributed by atoms with E-state index in [9.17, 15) is 4.79 Å². The minimum atomic E-state index is 0.00396. The van der Waals surface area contributed by atoms with Gasteiger partial charge in [0.25, 0.3) is 5.56 Å². The van der Waals surface area contributed by atoms with Gasteiger partial charge < -0.3 is 10.3 Å². The molecule has 0 spiro atoms. The van der Waals surface area contributed by atoms with E-state index in [-0.39, 0.29) is 11.0 Å². The smallest absolute Gasteiger partial charge is 0.259 e. The first kappa shape index (κ1) is 16.3. The monoisotopic (exact) mass is 353 g/mol. The molecular formula is C20H23N3OS. The van der Waals surface area contributed by atoms with Crippen molar-refractivity contribution in [3.63, 3.8) is 0 Å². The first-order chi connectivity index (χ1) is 11.9. The molecule has 0 aliphatic heterocycles. The number of nitrogens with zero attached hydrogens (tertiary/aromatic N) is 1. The van der Waals surface area contributed by atoms with E-state index in [1.54, 1.807) is 11.3 Å². The van der Waals surface area contributed by atoms with E-state index >= 15 is 0 Å². The molecule has 3 aromatic rings. The van der Waals surface area contributed by atoms with Gasteiger partial charge in [-0.1, -0.05) is 32.9 Å². The van der Waals surface area contributed by atoms with E-state index in [2.05, 4.69) is 60.3 Å². The van der Waals surface area contributed by atoms with E-state index < -0.39 is 0 Å². The third-order valence-corrected chi connectivity index (χ3v) is 6.02. The summed E-state index contributed by atoms with van der Waals surface area (Å²) in [5, 5.41) is 4.17. The van der Waals surface area contributed by atoms with Gasteiger partial charge in [-0.25, -0.2) is 4.98 Å². The minimum Gasteiger partial charge on any atom is -0.378 e. The fraction of sp³-hybridized carbons (Fsp3) is 0.400. The number of hydrogen-bond acceptors (Lipinski definition) is 4. The molecule has 1 aliphatic rings. The molecule has 4 nitrogen and oxygen atoms in total. The molecule has 2 N–H and O–H groups in total. The third kappa shape index (κ3) is 3.09. The predicted molar refractivity (Wildman–Crippen MR) is 105 cm³/mol. The lowest BCUT2D eigenvalue weighted by molar-refractivity contribution is 0.590. The molecule has 1 aliphatic carbocycles. The van der Waals surface area contributed by atoms with Crippen molar-refractivity contribution in [2.45, 2.75) is 52.0 Å². The summed E-state index contributed by atoms with van der Waals surface area (Å²) in [6, 6.07) is 8.45. The Morgan fingerprint density at radius 1 is 1.20 bits per heavy atom. The summed E-state index contributed by atoms with van der Waals surface area (Å²) < 4.78 is 0. The minimum absolute atomic E-state index is 0.00396. The van der Waals surface area contributed by atoms with Crippen LogP contribution in [0.25, 0.3) is 10.2 Å². The molecule has 0 saturated heterocycles. The van der Waals surface area contributed by atoms with Crippen molar-refractivity contribution in [2.75, 3.05) is 5.32 Å². The zero-order valence-electron chi connectivity index (χ0n) is 14.9. The van der Waals surface area contributed by atoms with Crippen LogP contribution in [-0.4, -0.2) is 9.97 Å². The molecule has 0 bridgehead atoms. The lowest BCUT2D eigenvalue weighted by Crippen LogP contribution is -2.14. The van der Waals surface area contributed by atoms with Gasteiger partial charge in [0.2, 0.25) is 0 Å². The average Bonchev–Trinajstić information content (AvgIpc) is 3.12. The molecule has 2 aromatic heterocycles. The third-order valence-electron chi connectivity index (χ3n) is 4.83. The highest BCUT2D eigenvalue weighted by Crippen LogP contribution is 2.34. The van der Waals surface area contributed by atoms with Crippen molar-refractivity contribution >= 4 is 27.2 Å². The Labute approximate surface area is 151 Å². The topological polar surface area (TPSA) is 57.8 Å². The molecule has 25 heavy (non-hydrogen) atoms. The van der Waals surface area contributed by atoms with Crippen LogP contribution in [-0.2, 0) is 24.8 Å². The van der Waals surface area contributed by atoms with E-state index in [0.717, 1.165) is 35.2 Å². The molecule has 2 heterocycles. The lowest BCUT2D eigenvalue weighted by Gasteiger charge is -2.19. The number of nitrogens with one attached hydrogen (secondary N) is 2. The highest BCUT2D eigenvalue weighted by atomic mass is 32.1. The summed E-state index contributed by atoms with van der Waals surface area (Å²) in [6.07, 6.45) is 3.26. The number of thiophene rings is 1. The number of hydrogen-bond donors (Lipinski definition) is 2. The molecule has 1 aromatic carbocycles. The van der Waals surface area contributed by atoms with Crippen molar-refractivity contribution in [1.29, 1.82) is 0 Å². The molecule has 130 valence electrons. The van der Waals surface area contributed by atoms with Crippen molar-refractivity contribution in [2.24, 2.45) is 0 Å². The molecule has 0 amide bonds. The van der Waals surface area contributed by atoms with Gasteiger partial charge in [0.15, 0.2) is 0 Å². The molecule has 4 rings (SSSR count). The largest absolute Gasteiger partial charge is 0.378 e. The van der Waals surface area contributed by atoms with Gasteiger partial charge >= 0.3 is 0 Å². The normalized spacial score (nSPS) is 14.0. The maximum atomic E-state index is 12.5. The Bertz CT molecular complexity index is 977. The van der Waals surface area contributed by atoms with Crippen LogP contribution in [0.2, 0.25) is 0 Å². The van der Waals surface area contributed by atoms with Crippen LogP contribution in [0.4, 0.5) is 5.69 Å². The molecule has 0 atom stereocenters. The number of aromatic amines is 1. The summed E-state index contributed by atoms with van der Waals surface area (Å²) in [6.45, 7) is 7.13. The van der Waals surface area contributed by atoms with Gasteiger partial charge in [0.05, 0.1) is 11.9 Å². The number of fused-ring (bicyclic) bond motifs is 3. The average molecular weight is 353 g/mol. The number of H-pyrrole nitrogens is 1. The second kappa shape index (κ2) is 5.99. The van der Waals surface area contributed by atoms with Gasteiger partial charge in [-0.2, -0.15) is 0 Å². The van der Waals surface area contributed by atoms with Gasteiger partial charge in [-0.3, -0.25) is 4.79 Å². The second-order valence-electron chi connectivity index (χ2n) is 7.73. The van der Waals surface area contributed by atoms with Crippen LogP contribution >= 0.6 is 11.3 Å². The van der Waals surface area contributed by atoms with Gasteiger partial charge in [-0.05, 0) is 47.9 Å². The summed E-state index contributed by atoms with van der Waals surface area (Å²) in [4.78, 5) is 22.3. The van der Waals surface area contributed by atoms with Gasteiger partial charge in [0, 0.05) is 10.6 Å². The van der Waals surface area contributed by atoms with Crippen LogP contribution in [0, 0.1) is 0 Å². The van der Waals surface area contributed by atoms with Crippen molar-refractivity contribution in [3.05, 3.63) is 56.4 Å². The highest BCUT2D eigenvalue weighted by Gasteiger charge is 2.21. The highest BCUT2D eigenvalue weighted by molar-refractivity contribution is 7.18. The number of benzene rings is 1. The van der Waals surface area contributed by atoms with Crippen molar-refractivity contribution < 1.29 is 0 Å². The number of aryl methyl sites for hydroxylation is 2. The Hall–Kier alpha value is -2.14. The first-order valence-corrected chi connectivity index (χ1v) is 9.61. The zero-order valence-corrected chi connectivity index (χ0v) is 15.7. The predicted octanol–water partition coefficient (Wildman–Crippen LogP) is 4.38. The zero-order chi connectivity index (χ0) is 17.6. The van der Waals surface area contributed by atoms with Crippen LogP contribution in [0.5, 0.6) is 0 Å². The second-order valence-corrected chi connectivity index (χ2v) is 8.81. The molecule has 0 radical (unpaired) electrons. The van der Waals surface area contributed by atoms with E-state index in [4.69, 9.17) is 0 Å². The van der Waals surface area contributed by atoms with E-state index in [1.807, 2.05) is 0 Å². The fourth-order valence-corrected chi connectivity index (χ4v) is 4.69. The SMILES string of the molecule is CC(C)(C)c1ccc(NCc2nc3sc4c(c3c(=O)[nH]2)CCC4)cc1. The summed E-state index contributed by atoms with van der Waals surface area (Å²) in [5.74, 6) is 0.692. The molecular weight excluding hydrogens is 330 g/mol. The molecule has 0 unspecified atom stereocenters. The van der Waals surface area contributed by atoms with Crippen LogP contribution in [0.15, 0.2) is 29.1 Å². The first-order valence-electron chi connectivity index (χ1n) is 8.80. The van der Waals surface area contributed by atoms with Crippen LogP contribution < -0.4 is 10.9 Å². The fourth-order valence-electron chi connectivity index (χ4n) is 3.40. The number of rotatable bonds is 3. The van der Waals surface area contributed by atoms with Gasteiger partial charge in [-0.15, -0.1) is 11.3 Å². The quantitative estimate of drug-likeness (QED) is 0.734. The Balaban J connectivity index is 1.54. The standard InChI is InChI=1S/C20H23N3OS/c1-20(2,3)12-7-9-13(10-8-12)21-11-16-22-18(24)17-14-5-4-6-15(14)25-19(17)23-16/h7-10,21H,4-6,11H2,1-3H3,(H,22,23,24). The maximum Gasteiger partial charge on any atom is 0.259 e.